The van der Waals surface area contributed by atoms with Gasteiger partial charge in [-0.2, -0.15) is 8.78 Å². The van der Waals surface area contributed by atoms with E-state index in [1.54, 1.807) is 30.3 Å². The molecular formula is C21H21F2NO5. The molecule has 2 aromatic rings. The van der Waals surface area contributed by atoms with E-state index in [1.165, 1.54) is 37.3 Å². The molecule has 2 aromatic carbocycles. The fourth-order valence-electron chi connectivity index (χ4n) is 2.28. The second-order valence-electron chi connectivity index (χ2n) is 5.78. The zero-order valence-corrected chi connectivity index (χ0v) is 15.9. The number of nitrogens with one attached hydrogen (secondary N) is 1. The molecule has 0 aliphatic carbocycles. The number of carbonyl (C=O) groups excluding carboxylic acids is 2. The fourth-order valence-corrected chi connectivity index (χ4v) is 2.28. The zero-order valence-electron chi connectivity index (χ0n) is 15.9. The van der Waals surface area contributed by atoms with Gasteiger partial charge in [-0.25, -0.2) is 4.79 Å². The molecule has 0 saturated carbocycles. The van der Waals surface area contributed by atoms with E-state index in [1.807, 2.05) is 6.92 Å². The van der Waals surface area contributed by atoms with Crippen LogP contribution in [0.25, 0.3) is 6.08 Å². The number of benzene rings is 2. The Hall–Kier alpha value is -3.42. The molecule has 1 amide bonds. The number of anilines is 1. The van der Waals surface area contributed by atoms with E-state index in [4.69, 9.17) is 9.47 Å². The van der Waals surface area contributed by atoms with Crippen LogP contribution in [0.1, 0.15) is 19.4 Å². The van der Waals surface area contributed by atoms with Crippen molar-refractivity contribution in [2.75, 3.05) is 11.9 Å². The second-order valence-corrected chi connectivity index (χ2v) is 5.78. The molecule has 0 fully saturated rings. The van der Waals surface area contributed by atoms with Gasteiger partial charge in [-0.3, -0.25) is 4.79 Å². The molecule has 0 heterocycles. The molecule has 0 spiro atoms. The lowest BCUT2D eigenvalue weighted by atomic mass is 10.2. The van der Waals surface area contributed by atoms with Crippen molar-refractivity contribution in [1.82, 2.24) is 0 Å². The summed E-state index contributed by atoms with van der Waals surface area (Å²) >= 11 is 0. The maximum Gasteiger partial charge on any atom is 0.387 e. The minimum atomic E-state index is -3.03. The van der Waals surface area contributed by atoms with Gasteiger partial charge in [-0.05, 0) is 49.8 Å². The number of amides is 1. The summed E-state index contributed by atoms with van der Waals surface area (Å²) in [6.45, 7) is 0.774. The highest BCUT2D eigenvalue weighted by Crippen LogP contribution is 2.25. The molecule has 8 heteroatoms. The number of hydrogen-bond acceptors (Lipinski definition) is 5. The predicted molar refractivity (Wildman–Crippen MR) is 104 cm³/mol. The number of para-hydroxylation sites is 2. The Balaban J connectivity index is 1.91. The van der Waals surface area contributed by atoms with Gasteiger partial charge in [0.1, 0.15) is 11.5 Å². The van der Waals surface area contributed by atoms with Gasteiger partial charge in [-0.1, -0.05) is 24.3 Å². The van der Waals surface area contributed by atoms with Gasteiger partial charge in [0.25, 0.3) is 5.91 Å². The van der Waals surface area contributed by atoms with Gasteiger partial charge in [0.05, 0.1) is 12.3 Å². The van der Waals surface area contributed by atoms with E-state index < -0.39 is 24.6 Å². The number of alkyl halides is 2. The predicted octanol–water partition coefficient (Wildman–Crippen LogP) is 4.27. The first-order valence-electron chi connectivity index (χ1n) is 8.85. The molecule has 1 N–H and O–H groups in total. The minimum Gasteiger partial charge on any atom is -0.494 e. The number of rotatable bonds is 9. The Morgan fingerprint density at radius 2 is 1.79 bits per heavy atom. The van der Waals surface area contributed by atoms with Gasteiger partial charge < -0.3 is 19.5 Å². The van der Waals surface area contributed by atoms with E-state index in [2.05, 4.69) is 10.1 Å². The summed E-state index contributed by atoms with van der Waals surface area (Å²) in [5, 5.41) is 2.40. The van der Waals surface area contributed by atoms with Crippen molar-refractivity contribution in [2.24, 2.45) is 0 Å². The molecule has 2 rings (SSSR count). The van der Waals surface area contributed by atoms with Crippen molar-refractivity contribution in [3.63, 3.8) is 0 Å². The zero-order chi connectivity index (χ0) is 21.2. The highest BCUT2D eigenvalue weighted by molar-refractivity contribution is 5.97. The summed E-state index contributed by atoms with van der Waals surface area (Å²) in [4.78, 5) is 24.1. The summed E-state index contributed by atoms with van der Waals surface area (Å²) in [6, 6.07) is 12.8. The summed E-state index contributed by atoms with van der Waals surface area (Å²) in [5.41, 5.74) is 0.797. The van der Waals surface area contributed by atoms with E-state index in [-0.39, 0.29) is 11.4 Å². The van der Waals surface area contributed by atoms with Crippen molar-refractivity contribution in [2.45, 2.75) is 26.6 Å². The second kappa shape index (κ2) is 10.8. The lowest BCUT2D eigenvalue weighted by Crippen LogP contribution is -2.29. The molecule has 0 aliphatic rings. The van der Waals surface area contributed by atoms with Crippen molar-refractivity contribution >= 4 is 23.6 Å². The monoisotopic (exact) mass is 405 g/mol. The van der Waals surface area contributed by atoms with Gasteiger partial charge in [0.2, 0.25) is 0 Å². The van der Waals surface area contributed by atoms with Crippen LogP contribution in [-0.4, -0.2) is 31.2 Å². The van der Waals surface area contributed by atoms with E-state index >= 15 is 0 Å². The average Bonchev–Trinajstić information content (AvgIpc) is 2.68. The maximum absolute atomic E-state index is 12.4. The average molecular weight is 405 g/mol. The lowest BCUT2D eigenvalue weighted by Gasteiger charge is -2.15. The molecule has 0 radical (unpaired) electrons. The molecule has 6 nitrogen and oxygen atoms in total. The van der Waals surface area contributed by atoms with E-state index in [9.17, 15) is 18.4 Å². The Morgan fingerprint density at radius 1 is 1.10 bits per heavy atom. The number of esters is 1. The Kier molecular flexibility index (Phi) is 8.14. The van der Waals surface area contributed by atoms with Crippen LogP contribution in [0.3, 0.4) is 0 Å². The number of halogens is 2. The van der Waals surface area contributed by atoms with Gasteiger partial charge in [0.15, 0.2) is 6.10 Å². The quantitative estimate of drug-likeness (QED) is 0.498. The topological polar surface area (TPSA) is 73.9 Å². The Bertz CT molecular complexity index is 852. The van der Waals surface area contributed by atoms with Crippen molar-refractivity contribution in [1.29, 1.82) is 0 Å². The number of hydrogen-bond donors (Lipinski definition) is 1. The smallest absolute Gasteiger partial charge is 0.387 e. The fraction of sp³-hybridized carbons (Fsp3) is 0.238. The van der Waals surface area contributed by atoms with Crippen molar-refractivity contribution in [3.8, 4) is 11.5 Å². The standard InChI is InChI=1S/C21H21F2NO5/c1-3-27-16-11-8-15(9-12-16)10-13-19(25)28-14(2)20(26)24-17-6-4-5-7-18(17)29-21(22)23/h4-14,21H,3H2,1-2H3,(H,24,26)/b13-10+/t14-/m1/s1. The highest BCUT2D eigenvalue weighted by Gasteiger charge is 2.19. The van der Waals surface area contributed by atoms with Crippen LogP contribution < -0.4 is 14.8 Å². The molecule has 29 heavy (non-hydrogen) atoms. The van der Waals surface area contributed by atoms with E-state index in [0.29, 0.717) is 12.4 Å². The molecule has 1 atom stereocenters. The van der Waals surface area contributed by atoms with Crippen molar-refractivity contribution in [3.05, 3.63) is 60.2 Å². The van der Waals surface area contributed by atoms with E-state index in [0.717, 1.165) is 5.56 Å². The third kappa shape index (κ3) is 7.25. The first-order valence-corrected chi connectivity index (χ1v) is 8.85. The van der Waals surface area contributed by atoms with Crippen LogP contribution in [0, 0.1) is 0 Å². The summed E-state index contributed by atoms with van der Waals surface area (Å²) in [5.74, 6) is -0.879. The molecule has 154 valence electrons. The van der Waals surface area contributed by atoms with Gasteiger partial charge in [0, 0.05) is 6.08 Å². The summed E-state index contributed by atoms with van der Waals surface area (Å²) in [7, 11) is 0. The lowest BCUT2D eigenvalue weighted by molar-refractivity contribution is -0.148. The number of ether oxygens (including phenoxy) is 3. The Morgan fingerprint density at radius 3 is 2.45 bits per heavy atom. The van der Waals surface area contributed by atoms with Crippen LogP contribution in [0.15, 0.2) is 54.6 Å². The van der Waals surface area contributed by atoms with Crippen LogP contribution in [0.4, 0.5) is 14.5 Å². The van der Waals surface area contributed by atoms with Gasteiger partial charge in [-0.15, -0.1) is 0 Å². The Labute approximate surface area is 167 Å². The normalized spacial score (nSPS) is 11.9. The van der Waals surface area contributed by atoms with Crippen LogP contribution in [0.2, 0.25) is 0 Å². The van der Waals surface area contributed by atoms with Crippen LogP contribution >= 0.6 is 0 Å². The van der Waals surface area contributed by atoms with Crippen LogP contribution in [-0.2, 0) is 14.3 Å². The third-order valence-corrected chi connectivity index (χ3v) is 3.63. The maximum atomic E-state index is 12.4. The highest BCUT2D eigenvalue weighted by atomic mass is 19.3. The largest absolute Gasteiger partial charge is 0.494 e. The van der Waals surface area contributed by atoms with Gasteiger partial charge >= 0.3 is 12.6 Å². The van der Waals surface area contributed by atoms with Crippen LogP contribution in [0.5, 0.6) is 11.5 Å². The SMILES string of the molecule is CCOc1ccc(/C=C/C(=O)O[C@H](C)C(=O)Nc2ccccc2OC(F)F)cc1. The first-order chi connectivity index (χ1) is 13.9. The molecule has 0 bridgehead atoms. The molecular weight excluding hydrogens is 384 g/mol. The summed E-state index contributed by atoms with van der Waals surface area (Å²) < 4.78 is 39.6. The third-order valence-electron chi connectivity index (χ3n) is 3.63. The summed E-state index contributed by atoms with van der Waals surface area (Å²) in [6.07, 6.45) is 1.58. The minimum absolute atomic E-state index is 0.0469. The first kappa shape index (κ1) is 21.9. The molecule has 0 aromatic heterocycles. The van der Waals surface area contributed by atoms with Crippen molar-refractivity contribution < 1.29 is 32.6 Å². The molecule has 0 unspecified atom stereocenters. The molecule has 0 aliphatic heterocycles. The number of carbonyl (C=O) groups is 2. The molecule has 0 saturated heterocycles.